The van der Waals surface area contributed by atoms with Gasteiger partial charge in [-0.2, -0.15) is 0 Å². The molecule has 5 N–H and O–H groups in total. The standard InChI is InChI=1S/C44H55NO15/c1-22(2)56-40(53)45-32(26-15-11-9-12-16-26)33(49)39(52)58-28-20-44(54)37(59-38(51)27-17-13-10-14-18-27)35-42(8,29(48)19-30-43(35,21-55-30)60-25(5)47)36(50)34(57-24(4)46)31(23(28)3)41(44,6)7/h9-18,22,28-30,32-37,48-50,54H,19-21H2,1-8H3,(H,45,53)/t28-,29-,30?,32-,33+,34+,35-,36-,37-,42+,43-,44+/m0/s1. The molecule has 3 fully saturated rings. The number of hydrogen-bond acceptors (Lipinski definition) is 15. The molecule has 0 spiro atoms. The number of carbonyl (C=O) groups is 5. The van der Waals surface area contributed by atoms with E-state index in [1.165, 1.54) is 26.0 Å². The van der Waals surface area contributed by atoms with Crippen molar-refractivity contribution in [3.8, 4) is 0 Å². The van der Waals surface area contributed by atoms with E-state index in [1.807, 2.05) is 0 Å². The van der Waals surface area contributed by atoms with E-state index in [1.54, 1.807) is 83.1 Å². The Hall–Kier alpha value is -4.87. The van der Waals surface area contributed by atoms with Crippen LogP contribution in [0.2, 0.25) is 0 Å². The molecule has 2 aromatic carbocycles. The molecular weight excluding hydrogens is 782 g/mol. The van der Waals surface area contributed by atoms with Crippen molar-refractivity contribution in [2.75, 3.05) is 6.61 Å². The lowest BCUT2D eigenvalue weighted by Crippen LogP contribution is -2.82. The number of benzene rings is 2. The van der Waals surface area contributed by atoms with Crippen molar-refractivity contribution >= 4 is 30.0 Å². The van der Waals surface area contributed by atoms with Crippen molar-refractivity contribution in [3.05, 3.63) is 82.9 Å². The zero-order chi connectivity index (χ0) is 44.1. The van der Waals surface area contributed by atoms with Gasteiger partial charge in [-0.1, -0.05) is 69.3 Å². The van der Waals surface area contributed by atoms with Crippen LogP contribution in [0.4, 0.5) is 4.79 Å². The Morgan fingerprint density at radius 3 is 2.05 bits per heavy atom. The van der Waals surface area contributed by atoms with Gasteiger partial charge in [0.25, 0.3) is 0 Å². The number of aliphatic hydroxyl groups excluding tert-OH is 3. The molecule has 2 aromatic rings. The van der Waals surface area contributed by atoms with Gasteiger partial charge in [-0.3, -0.25) is 9.59 Å². The average Bonchev–Trinajstić information content (AvgIpc) is 3.17. The fourth-order valence-electron chi connectivity index (χ4n) is 9.99. The largest absolute Gasteiger partial charge is 0.456 e. The molecule has 16 nitrogen and oxygen atoms in total. The first-order valence-corrected chi connectivity index (χ1v) is 20.0. The zero-order valence-corrected chi connectivity index (χ0v) is 34.9. The normalized spacial score (nSPS) is 33.9. The molecule has 60 heavy (non-hydrogen) atoms. The highest BCUT2D eigenvalue weighted by Crippen LogP contribution is 2.65. The Bertz CT molecular complexity index is 2000. The second-order valence-corrected chi connectivity index (χ2v) is 17.3. The molecule has 12 atom stereocenters. The van der Waals surface area contributed by atoms with Crippen molar-refractivity contribution < 1.29 is 72.8 Å². The highest BCUT2D eigenvalue weighted by atomic mass is 16.6. The molecule has 16 heteroatoms. The van der Waals surface area contributed by atoms with Crippen LogP contribution in [-0.2, 0) is 42.8 Å². The molecule has 3 aliphatic carbocycles. The smallest absolute Gasteiger partial charge is 0.407 e. The topological polar surface area (TPSA) is 234 Å². The number of fused-ring (bicyclic) bond motifs is 5. The van der Waals surface area contributed by atoms with Gasteiger partial charge in [-0.25, -0.2) is 14.4 Å². The second kappa shape index (κ2) is 16.5. The number of carbonyl (C=O) groups excluding carboxylic acids is 5. The van der Waals surface area contributed by atoms with Crippen molar-refractivity contribution in [2.45, 2.75) is 134 Å². The van der Waals surface area contributed by atoms with Crippen molar-refractivity contribution in [3.63, 3.8) is 0 Å². The maximum Gasteiger partial charge on any atom is 0.407 e. The summed E-state index contributed by atoms with van der Waals surface area (Å²) in [7, 11) is 0. The zero-order valence-electron chi connectivity index (χ0n) is 34.9. The van der Waals surface area contributed by atoms with Crippen LogP contribution in [0, 0.1) is 16.7 Å². The summed E-state index contributed by atoms with van der Waals surface area (Å²) in [5, 5.41) is 52.6. The first-order chi connectivity index (χ1) is 28.1. The van der Waals surface area contributed by atoms with E-state index in [0.717, 1.165) is 6.92 Å². The van der Waals surface area contributed by atoms with Gasteiger partial charge >= 0.3 is 30.0 Å². The molecule has 4 aliphatic rings. The number of hydrogen-bond donors (Lipinski definition) is 5. The molecule has 326 valence electrons. The van der Waals surface area contributed by atoms with Gasteiger partial charge in [0.05, 0.1) is 36.3 Å². The molecule has 1 amide bonds. The molecule has 1 saturated heterocycles. The van der Waals surface area contributed by atoms with E-state index in [2.05, 4.69) is 5.32 Å². The molecule has 1 aliphatic heterocycles. The van der Waals surface area contributed by atoms with Gasteiger partial charge in [0.1, 0.15) is 30.0 Å². The number of esters is 4. The first-order valence-electron chi connectivity index (χ1n) is 20.0. The van der Waals surface area contributed by atoms with Crippen LogP contribution in [0.3, 0.4) is 0 Å². The van der Waals surface area contributed by atoms with Crippen LogP contribution in [0.25, 0.3) is 0 Å². The molecule has 1 heterocycles. The number of alkyl carbamates (subject to hydrolysis) is 1. The van der Waals surface area contributed by atoms with Crippen LogP contribution in [0.1, 0.15) is 90.2 Å². The van der Waals surface area contributed by atoms with Gasteiger partial charge in [0.15, 0.2) is 17.8 Å². The predicted octanol–water partition coefficient (Wildman–Crippen LogP) is 3.23. The first kappa shape index (κ1) is 44.7. The summed E-state index contributed by atoms with van der Waals surface area (Å²) >= 11 is 0. The Balaban J connectivity index is 1.54. The van der Waals surface area contributed by atoms with E-state index >= 15 is 0 Å². The molecule has 0 aromatic heterocycles. The minimum Gasteiger partial charge on any atom is -0.456 e. The highest BCUT2D eigenvalue weighted by Gasteiger charge is 2.78. The van der Waals surface area contributed by atoms with Crippen LogP contribution < -0.4 is 5.32 Å². The summed E-state index contributed by atoms with van der Waals surface area (Å²) in [5.74, 6) is -5.19. The summed E-state index contributed by atoms with van der Waals surface area (Å²) in [4.78, 5) is 67.2. The predicted molar refractivity (Wildman–Crippen MR) is 210 cm³/mol. The van der Waals surface area contributed by atoms with E-state index in [9.17, 15) is 44.4 Å². The van der Waals surface area contributed by atoms with Crippen LogP contribution in [0.5, 0.6) is 0 Å². The van der Waals surface area contributed by atoms with Crippen molar-refractivity contribution in [1.29, 1.82) is 0 Å². The summed E-state index contributed by atoms with van der Waals surface area (Å²) in [5.41, 5.74) is -6.79. The van der Waals surface area contributed by atoms with Gasteiger partial charge in [0.2, 0.25) is 0 Å². The number of nitrogens with one attached hydrogen (secondary N) is 1. The average molecular weight is 838 g/mol. The minimum absolute atomic E-state index is 0.0876. The number of amides is 1. The fraction of sp³-hybridized carbons (Fsp3) is 0.568. The third-order valence-corrected chi connectivity index (χ3v) is 13.0. The lowest BCUT2D eigenvalue weighted by atomic mass is 9.44. The summed E-state index contributed by atoms with van der Waals surface area (Å²) in [6.45, 7) is 11.5. The van der Waals surface area contributed by atoms with E-state index in [0.29, 0.717) is 5.56 Å². The SMILES string of the molecule is CC(=O)O[C@@H]1C2=C(C)[C@@H](OC(=O)[C@H](O)[C@@H](NC(=O)OC(C)C)c3ccccc3)C[C@@](O)([C@@H](OC(=O)c3ccccc3)[C@H]3[C@@](C)([C@@H](O)CC4OC[C@]43OC(C)=O)[C@H]1O)C2(C)C. The molecule has 0 radical (unpaired) electrons. The maximum absolute atomic E-state index is 14.2. The summed E-state index contributed by atoms with van der Waals surface area (Å²) in [6.07, 6.45) is -13.3. The monoisotopic (exact) mass is 837 g/mol. The van der Waals surface area contributed by atoms with E-state index < -0.39 is 119 Å². The quantitative estimate of drug-likeness (QED) is 0.131. The van der Waals surface area contributed by atoms with Crippen molar-refractivity contribution in [2.24, 2.45) is 16.7 Å². The Morgan fingerprint density at radius 1 is 0.883 bits per heavy atom. The van der Waals surface area contributed by atoms with Gasteiger partial charge in [-0.05, 0) is 49.6 Å². The minimum atomic E-state index is -2.35. The second-order valence-electron chi connectivity index (χ2n) is 17.3. The number of aliphatic hydroxyl groups is 4. The van der Waals surface area contributed by atoms with Gasteiger partial charge < -0.3 is 54.2 Å². The fourth-order valence-corrected chi connectivity index (χ4v) is 9.99. The third-order valence-electron chi connectivity index (χ3n) is 13.0. The summed E-state index contributed by atoms with van der Waals surface area (Å²) < 4.78 is 35.6. The Kier molecular flexibility index (Phi) is 12.3. The molecule has 6 rings (SSSR count). The van der Waals surface area contributed by atoms with Crippen LogP contribution in [0.15, 0.2) is 71.8 Å². The van der Waals surface area contributed by atoms with Crippen LogP contribution >= 0.6 is 0 Å². The lowest BCUT2D eigenvalue weighted by molar-refractivity contribution is -0.365. The lowest BCUT2D eigenvalue weighted by Gasteiger charge is -2.69. The van der Waals surface area contributed by atoms with Gasteiger partial charge in [-0.15, -0.1) is 0 Å². The maximum atomic E-state index is 14.2. The van der Waals surface area contributed by atoms with Crippen molar-refractivity contribution in [1.82, 2.24) is 5.32 Å². The van der Waals surface area contributed by atoms with E-state index in [4.69, 9.17) is 28.4 Å². The molecule has 2 saturated carbocycles. The number of rotatable bonds is 10. The Morgan fingerprint density at radius 2 is 1.50 bits per heavy atom. The molecule has 2 bridgehead atoms. The van der Waals surface area contributed by atoms with Gasteiger partial charge in [0, 0.05) is 37.5 Å². The highest BCUT2D eigenvalue weighted by molar-refractivity contribution is 5.89. The Labute approximate surface area is 348 Å². The van der Waals surface area contributed by atoms with Crippen LogP contribution in [-0.4, -0.2) is 117 Å². The van der Waals surface area contributed by atoms with E-state index in [-0.39, 0.29) is 29.7 Å². The molecule has 1 unspecified atom stereocenters. The third kappa shape index (κ3) is 7.57. The number of ether oxygens (including phenoxy) is 6. The summed E-state index contributed by atoms with van der Waals surface area (Å²) in [6, 6.07) is 14.7. The molecular formula is C44H55NO15.